The van der Waals surface area contributed by atoms with E-state index < -0.39 is 19.2 Å². The number of nitrogens with zero attached hydrogens (tertiary/aromatic N) is 2. The van der Waals surface area contributed by atoms with Crippen LogP contribution in [0.4, 0.5) is 0 Å². The molecular formula is C40H36GeIrN2O-2. The van der Waals surface area contributed by atoms with E-state index in [0.29, 0.717) is 0 Å². The minimum absolute atomic E-state index is 0. The van der Waals surface area contributed by atoms with Crippen LogP contribution in [0.25, 0.3) is 55.6 Å². The van der Waals surface area contributed by atoms with Gasteiger partial charge in [0.25, 0.3) is 0 Å². The summed E-state index contributed by atoms with van der Waals surface area (Å²) in [6.07, 6.45) is 3.56. The zero-order valence-corrected chi connectivity index (χ0v) is 30.7. The Bertz CT molecular complexity index is 2030. The number of hydrogen-bond acceptors (Lipinski definition) is 3. The van der Waals surface area contributed by atoms with Crippen molar-refractivity contribution in [1.29, 1.82) is 0 Å². The summed E-state index contributed by atoms with van der Waals surface area (Å²) in [6.45, 7) is 3.78. The molecule has 7 aromatic rings. The number of rotatable bonds is 5. The second-order valence-corrected chi connectivity index (χ2v) is 22.7. The normalized spacial score (nSPS) is 11.8. The van der Waals surface area contributed by atoms with Crippen molar-refractivity contribution in [2.24, 2.45) is 0 Å². The summed E-state index contributed by atoms with van der Waals surface area (Å²) >= 11 is -2.19. The Kier molecular flexibility index (Phi) is 9.75. The van der Waals surface area contributed by atoms with Crippen LogP contribution < -0.4 is 4.40 Å². The molecule has 3 aromatic heterocycles. The number of hydrogen-bond donors (Lipinski definition) is 0. The fourth-order valence-electron chi connectivity index (χ4n) is 5.46. The van der Waals surface area contributed by atoms with Gasteiger partial charge in [-0.25, -0.2) is 0 Å². The Balaban J connectivity index is 0.000000269. The molecule has 0 aliphatic rings. The predicted molar refractivity (Wildman–Crippen MR) is 187 cm³/mol. The number of furan rings is 1. The quantitative estimate of drug-likeness (QED) is 0.128. The van der Waals surface area contributed by atoms with Crippen LogP contribution in [0.1, 0.15) is 26.7 Å². The van der Waals surface area contributed by atoms with E-state index in [9.17, 15) is 0 Å². The van der Waals surface area contributed by atoms with Crippen molar-refractivity contribution in [1.82, 2.24) is 9.97 Å². The van der Waals surface area contributed by atoms with Gasteiger partial charge in [0.15, 0.2) is 0 Å². The number of pyridine rings is 2. The Hall–Kier alpha value is -3.83. The van der Waals surface area contributed by atoms with Crippen LogP contribution in [0.5, 0.6) is 0 Å². The summed E-state index contributed by atoms with van der Waals surface area (Å²) in [6, 6.07) is 43.2. The number of fused-ring (bicyclic) bond motifs is 3. The van der Waals surface area contributed by atoms with Gasteiger partial charge in [-0.05, 0) is 11.8 Å². The van der Waals surface area contributed by atoms with E-state index >= 15 is 0 Å². The first kappa shape index (κ1) is 31.2. The molecule has 45 heavy (non-hydrogen) atoms. The van der Waals surface area contributed by atoms with Crippen molar-refractivity contribution >= 4 is 39.6 Å². The molecule has 0 atom stereocenters. The van der Waals surface area contributed by atoms with Gasteiger partial charge in [-0.3, -0.25) is 0 Å². The molecule has 4 aromatic carbocycles. The molecule has 0 bridgehead atoms. The van der Waals surface area contributed by atoms with Crippen molar-refractivity contribution in [3.63, 3.8) is 0 Å². The first-order chi connectivity index (χ1) is 21.6. The van der Waals surface area contributed by atoms with E-state index in [1.807, 2.05) is 74.5 Å². The largest absolute Gasteiger partial charge is 0.305 e. The summed E-state index contributed by atoms with van der Waals surface area (Å²) in [5.41, 5.74) is 8.71. The summed E-state index contributed by atoms with van der Waals surface area (Å²) < 4.78 is 16.6. The van der Waals surface area contributed by atoms with Crippen LogP contribution in [0.2, 0.25) is 17.3 Å². The van der Waals surface area contributed by atoms with E-state index in [1.54, 1.807) is 12.4 Å². The smallest absolute Gasteiger partial charge is 0.0160 e. The van der Waals surface area contributed by atoms with Gasteiger partial charge in [0.05, 0.1) is 0 Å². The zero-order chi connectivity index (χ0) is 31.6. The third-order valence-electron chi connectivity index (χ3n) is 7.72. The monoisotopic (exact) mass is 828 g/mol. The molecule has 0 aliphatic heterocycles. The Morgan fingerprint density at radius 2 is 1.44 bits per heavy atom. The van der Waals surface area contributed by atoms with Crippen molar-refractivity contribution in [3.8, 4) is 33.6 Å². The minimum atomic E-state index is -2.19. The summed E-state index contributed by atoms with van der Waals surface area (Å²) in [7, 11) is 0. The third-order valence-corrected chi connectivity index (χ3v) is 12.0. The molecule has 1 radical (unpaired) electrons. The fraction of sp³-hybridized carbons (Fsp3) is 0.150. The average molecular weight is 827 g/mol. The van der Waals surface area contributed by atoms with Crippen molar-refractivity contribution in [2.75, 3.05) is 0 Å². The molecule has 0 unspecified atom stereocenters. The Labute approximate surface area is 283 Å². The first-order valence-electron chi connectivity index (χ1n) is 15.4. The van der Waals surface area contributed by atoms with Crippen molar-refractivity contribution in [3.05, 3.63) is 139 Å². The van der Waals surface area contributed by atoms with E-state index in [-0.39, 0.29) is 20.1 Å². The molecule has 0 amide bonds. The maximum absolute atomic E-state index is 8.43. The summed E-state index contributed by atoms with van der Waals surface area (Å²) in [4.78, 5) is 8.83. The SMILES string of the molecule is [2H]C(C)(C)c1ccnc(-c2[c-]ccc3c2oc2c(-c4ccccc4)[c]([Ge]([CH3])([CH3])[CH3])ccc23)c1.[Ir].[c-]1ccccc1-c1ccccn1. The number of benzene rings is 4. The summed E-state index contributed by atoms with van der Waals surface area (Å²) in [5, 5.41) is 2.19. The molecule has 0 spiro atoms. The van der Waals surface area contributed by atoms with E-state index in [0.717, 1.165) is 50.0 Å². The molecule has 0 aliphatic carbocycles. The topological polar surface area (TPSA) is 38.9 Å². The summed E-state index contributed by atoms with van der Waals surface area (Å²) in [5.74, 6) is 6.57. The maximum Gasteiger partial charge on any atom is 0.0160 e. The second-order valence-electron chi connectivity index (χ2n) is 12.1. The molecule has 0 saturated heterocycles. The van der Waals surface area contributed by atoms with Gasteiger partial charge in [0.2, 0.25) is 0 Å². The molecule has 5 heteroatoms. The van der Waals surface area contributed by atoms with Gasteiger partial charge in [-0.1, -0.05) is 12.1 Å². The second kappa shape index (κ2) is 14.1. The van der Waals surface area contributed by atoms with Crippen molar-refractivity contribution < 1.29 is 25.9 Å². The third kappa shape index (κ3) is 7.04. The van der Waals surface area contributed by atoms with Gasteiger partial charge in [0, 0.05) is 26.3 Å². The standard InChI is InChI=1S/C29H28GeNO.C11H8N.Ir/c1-19(2)21-16-17-31-26(18-21)24-13-9-12-22-23-14-15-25(30(3,4)5)27(29(23)32-28(22)24)20-10-7-6-8-11-20;1-2-6-10(7-3-1)11-8-4-5-9-12-11;/h6-12,14-19H,1-5H3;1-6,8-9H;/q2*-1;/i19D;;. The molecular weight excluding hydrogens is 789 g/mol. The van der Waals surface area contributed by atoms with Crippen LogP contribution in [0.15, 0.2) is 126 Å². The van der Waals surface area contributed by atoms with Gasteiger partial charge < -0.3 is 4.98 Å². The minimum Gasteiger partial charge on any atom is -0.305 e. The van der Waals surface area contributed by atoms with E-state index in [1.165, 1.54) is 15.5 Å². The van der Waals surface area contributed by atoms with Gasteiger partial charge in [-0.15, -0.1) is 35.9 Å². The molecule has 227 valence electrons. The Morgan fingerprint density at radius 1 is 0.711 bits per heavy atom. The van der Waals surface area contributed by atoms with Crippen LogP contribution in [0, 0.1) is 12.1 Å². The van der Waals surface area contributed by atoms with Crippen LogP contribution in [0.3, 0.4) is 0 Å². The molecule has 0 saturated carbocycles. The molecule has 7 rings (SSSR count). The predicted octanol–water partition coefficient (Wildman–Crippen LogP) is 10.3. The van der Waals surface area contributed by atoms with Crippen LogP contribution in [-0.4, -0.2) is 23.2 Å². The zero-order valence-electron chi connectivity index (χ0n) is 27.2. The van der Waals surface area contributed by atoms with Crippen LogP contribution in [-0.2, 0) is 20.1 Å². The maximum atomic E-state index is 8.43. The molecule has 3 nitrogen and oxygen atoms in total. The first-order valence-corrected chi connectivity index (χ1v) is 22.3. The van der Waals surface area contributed by atoms with Gasteiger partial charge >= 0.3 is 194 Å². The van der Waals surface area contributed by atoms with E-state index in [4.69, 9.17) is 5.79 Å². The average Bonchev–Trinajstić information content (AvgIpc) is 3.44. The van der Waals surface area contributed by atoms with Crippen LogP contribution >= 0.6 is 0 Å². The number of aromatic nitrogens is 2. The fourth-order valence-corrected chi connectivity index (χ4v) is 8.80. The van der Waals surface area contributed by atoms with Gasteiger partial charge in [-0.2, -0.15) is 0 Å². The molecule has 0 N–H and O–H groups in total. The molecule has 0 fully saturated rings. The Morgan fingerprint density at radius 3 is 2.13 bits per heavy atom. The van der Waals surface area contributed by atoms with Crippen molar-refractivity contribution in [2.45, 2.75) is 37.0 Å². The van der Waals surface area contributed by atoms with E-state index in [2.05, 4.69) is 87.9 Å². The molecule has 3 heterocycles. The van der Waals surface area contributed by atoms with Gasteiger partial charge in [0.1, 0.15) is 0 Å².